The van der Waals surface area contributed by atoms with Crippen molar-refractivity contribution in [2.45, 2.75) is 58.4 Å². The van der Waals surface area contributed by atoms with Gasteiger partial charge in [0.05, 0.1) is 19.3 Å². The Bertz CT molecular complexity index is 259. The van der Waals surface area contributed by atoms with E-state index in [1.54, 1.807) is 0 Å². The van der Waals surface area contributed by atoms with E-state index in [2.05, 4.69) is 17.6 Å². The Morgan fingerprint density at radius 1 is 1.39 bits per heavy atom. The van der Waals surface area contributed by atoms with E-state index >= 15 is 0 Å². The van der Waals surface area contributed by atoms with Crippen molar-refractivity contribution in [3.8, 4) is 0 Å². The lowest BCUT2D eigenvalue weighted by Gasteiger charge is -2.35. The molecule has 0 spiro atoms. The van der Waals surface area contributed by atoms with Crippen molar-refractivity contribution in [2.75, 3.05) is 19.8 Å². The number of amides is 1. The SMILES string of the molecule is CCC(C)NC(=O)CCNC1COC(C)(C)OC1. The topological polar surface area (TPSA) is 59.6 Å². The van der Waals surface area contributed by atoms with Crippen molar-refractivity contribution in [1.29, 1.82) is 0 Å². The van der Waals surface area contributed by atoms with Crippen LogP contribution in [0.25, 0.3) is 0 Å². The van der Waals surface area contributed by atoms with E-state index < -0.39 is 5.79 Å². The first-order valence-electron chi connectivity index (χ1n) is 6.73. The summed E-state index contributed by atoms with van der Waals surface area (Å²) in [6, 6.07) is 0.425. The first-order chi connectivity index (χ1) is 8.43. The highest BCUT2D eigenvalue weighted by atomic mass is 16.7. The highest BCUT2D eigenvalue weighted by Crippen LogP contribution is 2.16. The molecule has 1 heterocycles. The van der Waals surface area contributed by atoms with Crippen molar-refractivity contribution in [2.24, 2.45) is 0 Å². The predicted molar refractivity (Wildman–Crippen MR) is 70.3 cm³/mol. The van der Waals surface area contributed by atoms with E-state index in [1.165, 1.54) is 0 Å². The molecule has 0 bridgehead atoms. The minimum Gasteiger partial charge on any atom is -0.354 e. The highest BCUT2D eigenvalue weighted by Gasteiger charge is 2.27. The fourth-order valence-corrected chi connectivity index (χ4v) is 1.65. The Labute approximate surface area is 110 Å². The second-order valence-corrected chi connectivity index (χ2v) is 5.30. The molecule has 1 unspecified atom stereocenters. The van der Waals surface area contributed by atoms with Crippen LogP contribution in [-0.2, 0) is 14.3 Å². The highest BCUT2D eigenvalue weighted by molar-refractivity contribution is 5.76. The Kier molecular flexibility index (Phi) is 6.05. The molecule has 0 aromatic rings. The molecule has 18 heavy (non-hydrogen) atoms. The Balaban J connectivity index is 2.10. The normalized spacial score (nSPS) is 21.6. The number of carbonyl (C=O) groups excluding carboxylic acids is 1. The summed E-state index contributed by atoms with van der Waals surface area (Å²) in [6.07, 6.45) is 1.45. The van der Waals surface area contributed by atoms with Crippen LogP contribution in [0.15, 0.2) is 0 Å². The molecule has 1 rings (SSSR count). The third-order valence-corrected chi connectivity index (χ3v) is 3.07. The number of hydrogen-bond donors (Lipinski definition) is 2. The number of hydrogen-bond acceptors (Lipinski definition) is 4. The molecule has 1 saturated heterocycles. The minimum absolute atomic E-state index is 0.0924. The van der Waals surface area contributed by atoms with E-state index in [9.17, 15) is 4.79 Å². The summed E-state index contributed by atoms with van der Waals surface area (Å²) in [7, 11) is 0. The molecule has 5 heteroatoms. The Morgan fingerprint density at radius 2 is 2.00 bits per heavy atom. The van der Waals surface area contributed by atoms with Gasteiger partial charge in [0.15, 0.2) is 5.79 Å². The number of rotatable bonds is 6. The van der Waals surface area contributed by atoms with Crippen LogP contribution in [0.3, 0.4) is 0 Å². The lowest BCUT2D eigenvalue weighted by Crippen LogP contribution is -2.49. The fraction of sp³-hybridized carbons (Fsp3) is 0.923. The van der Waals surface area contributed by atoms with Gasteiger partial charge in [-0.3, -0.25) is 4.79 Å². The lowest BCUT2D eigenvalue weighted by atomic mass is 10.2. The molecule has 0 aliphatic carbocycles. The van der Waals surface area contributed by atoms with Crippen LogP contribution in [0.5, 0.6) is 0 Å². The molecule has 1 aliphatic rings. The van der Waals surface area contributed by atoms with Crippen molar-refractivity contribution in [3.63, 3.8) is 0 Å². The largest absolute Gasteiger partial charge is 0.354 e. The minimum atomic E-state index is -0.480. The van der Waals surface area contributed by atoms with Crippen LogP contribution in [0.1, 0.15) is 40.5 Å². The molecular formula is C13H26N2O3. The summed E-state index contributed by atoms with van der Waals surface area (Å²) in [5.74, 6) is -0.388. The molecule has 0 aromatic heterocycles. The molecule has 5 nitrogen and oxygen atoms in total. The quantitative estimate of drug-likeness (QED) is 0.747. The third kappa shape index (κ3) is 5.80. The molecule has 1 aliphatic heterocycles. The van der Waals surface area contributed by atoms with Crippen molar-refractivity contribution >= 4 is 5.91 Å². The van der Waals surface area contributed by atoms with Crippen LogP contribution in [-0.4, -0.2) is 43.5 Å². The summed E-state index contributed by atoms with van der Waals surface area (Å²) in [5, 5.41) is 6.21. The smallest absolute Gasteiger partial charge is 0.221 e. The van der Waals surface area contributed by atoms with Crippen molar-refractivity contribution in [1.82, 2.24) is 10.6 Å². The molecule has 1 amide bonds. The maximum absolute atomic E-state index is 11.5. The summed E-state index contributed by atoms with van der Waals surface area (Å²) < 4.78 is 11.1. The molecule has 0 radical (unpaired) electrons. The average molecular weight is 258 g/mol. The molecule has 0 aromatic carbocycles. The van der Waals surface area contributed by atoms with Gasteiger partial charge in [-0.05, 0) is 27.2 Å². The van der Waals surface area contributed by atoms with Crippen LogP contribution < -0.4 is 10.6 Å². The van der Waals surface area contributed by atoms with Gasteiger partial charge in [-0.25, -0.2) is 0 Å². The molecular weight excluding hydrogens is 232 g/mol. The lowest BCUT2D eigenvalue weighted by molar-refractivity contribution is -0.252. The third-order valence-electron chi connectivity index (χ3n) is 3.07. The second kappa shape index (κ2) is 7.07. The number of nitrogens with one attached hydrogen (secondary N) is 2. The van der Waals surface area contributed by atoms with E-state index in [1.807, 2.05) is 20.8 Å². The van der Waals surface area contributed by atoms with Gasteiger partial charge in [0, 0.05) is 19.0 Å². The molecule has 2 N–H and O–H groups in total. The Morgan fingerprint density at radius 3 is 2.56 bits per heavy atom. The average Bonchev–Trinajstić information content (AvgIpc) is 2.31. The maximum atomic E-state index is 11.5. The second-order valence-electron chi connectivity index (χ2n) is 5.30. The van der Waals surface area contributed by atoms with Crippen molar-refractivity contribution < 1.29 is 14.3 Å². The zero-order chi connectivity index (χ0) is 13.6. The Hall–Kier alpha value is -0.650. The van der Waals surface area contributed by atoms with Gasteiger partial charge in [0.1, 0.15) is 0 Å². The number of ether oxygens (including phenoxy) is 2. The zero-order valence-corrected chi connectivity index (χ0v) is 11.9. The summed E-state index contributed by atoms with van der Waals surface area (Å²) in [5.41, 5.74) is 0. The van der Waals surface area contributed by atoms with Crippen LogP contribution in [0.4, 0.5) is 0 Å². The van der Waals surface area contributed by atoms with Gasteiger partial charge in [-0.2, -0.15) is 0 Å². The van der Waals surface area contributed by atoms with Crippen LogP contribution in [0, 0.1) is 0 Å². The predicted octanol–water partition coefficient (Wildman–Crippen LogP) is 1.03. The maximum Gasteiger partial charge on any atom is 0.221 e. The molecule has 1 atom stereocenters. The van der Waals surface area contributed by atoms with E-state index in [-0.39, 0.29) is 18.0 Å². The van der Waals surface area contributed by atoms with Crippen LogP contribution >= 0.6 is 0 Å². The first-order valence-corrected chi connectivity index (χ1v) is 6.73. The van der Waals surface area contributed by atoms with E-state index in [0.29, 0.717) is 26.2 Å². The molecule has 1 fully saturated rings. The van der Waals surface area contributed by atoms with Gasteiger partial charge in [0.25, 0.3) is 0 Å². The van der Waals surface area contributed by atoms with E-state index in [4.69, 9.17) is 9.47 Å². The summed E-state index contributed by atoms with van der Waals surface area (Å²) in [4.78, 5) is 11.5. The number of carbonyl (C=O) groups is 1. The van der Waals surface area contributed by atoms with Crippen LogP contribution in [0.2, 0.25) is 0 Å². The van der Waals surface area contributed by atoms with Gasteiger partial charge < -0.3 is 20.1 Å². The van der Waals surface area contributed by atoms with Gasteiger partial charge in [0.2, 0.25) is 5.91 Å². The molecule has 0 saturated carbocycles. The van der Waals surface area contributed by atoms with Gasteiger partial charge >= 0.3 is 0 Å². The fourth-order valence-electron chi connectivity index (χ4n) is 1.65. The standard InChI is InChI=1S/C13H26N2O3/c1-5-10(2)15-12(16)6-7-14-11-8-17-13(3,4)18-9-11/h10-11,14H,5-9H2,1-4H3,(H,15,16). The van der Waals surface area contributed by atoms with E-state index in [0.717, 1.165) is 6.42 Å². The van der Waals surface area contributed by atoms with Gasteiger partial charge in [-0.15, -0.1) is 0 Å². The monoisotopic (exact) mass is 258 g/mol. The van der Waals surface area contributed by atoms with Crippen molar-refractivity contribution in [3.05, 3.63) is 0 Å². The summed E-state index contributed by atoms with van der Waals surface area (Å²) in [6.45, 7) is 9.78. The zero-order valence-electron chi connectivity index (χ0n) is 11.9. The first kappa shape index (κ1) is 15.4. The molecule has 106 valence electrons. The van der Waals surface area contributed by atoms with Gasteiger partial charge in [-0.1, -0.05) is 6.92 Å². The summed E-state index contributed by atoms with van der Waals surface area (Å²) >= 11 is 0.